The second-order valence-electron chi connectivity index (χ2n) is 1.87. The van der Waals surface area contributed by atoms with Crippen LogP contribution in [0.5, 0.6) is 0 Å². The van der Waals surface area contributed by atoms with Gasteiger partial charge in [0.25, 0.3) is 0 Å². The van der Waals surface area contributed by atoms with E-state index in [2.05, 4.69) is 24.4 Å². The van der Waals surface area contributed by atoms with Gasteiger partial charge < -0.3 is 5.32 Å². The van der Waals surface area contributed by atoms with Gasteiger partial charge in [0.05, 0.1) is 0 Å². The molecule has 1 aliphatic heterocycles. The first-order valence-corrected chi connectivity index (χ1v) is 3.02. The molecule has 1 heterocycles. The van der Waals surface area contributed by atoms with Crippen LogP contribution in [0.3, 0.4) is 0 Å². The summed E-state index contributed by atoms with van der Waals surface area (Å²) in [5.74, 6) is 0. The molecule has 0 aromatic rings. The highest BCUT2D eigenvalue weighted by atomic mass is 14.8. The molecular formula is C7H11N. The first kappa shape index (κ1) is 5.42. The lowest BCUT2D eigenvalue weighted by atomic mass is 10.1. The molecule has 0 unspecified atom stereocenters. The molecule has 0 spiro atoms. The minimum absolute atomic E-state index is 1.000. The second-order valence-corrected chi connectivity index (χ2v) is 1.87. The third kappa shape index (κ3) is 1.12. The predicted molar refractivity (Wildman–Crippen MR) is 35.5 cm³/mol. The van der Waals surface area contributed by atoms with E-state index in [-0.39, 0.29) is 0 Å². The molecule has 0 aromatic carbocycles. The van der Waals surface area contributed by atoms with Gasteiger partial charge in [-0.2, -0.15) is 0 Å². The molecule has 0 saturated carbocycles. The van der Waals surface area contributed by atoms with E-state index in [1.165, 1.54) is 5.57 Å². The Bertz CT molecular complexity index is 122. The Morgan fingerprint density at radius 2 is 2.62 bits per heavy atom. The molecule has 1 nitrogen and oxygen atoms in total. The van der Waals surface area contributed by atoms with Gasteiger partial charge in [0.1, 0.15) is 0 Å². The summed E-state index contributed by atoms with van der Waals surface area (Å²) < 4.78 is 0. The number of dihydropyridines is 1. The lowest BCUT2D eigenvalue weighted by Crippen LogP contribution is -2.07. The van der Waals surface area contributed by atoms with Crippen molar-refractivity contribution < 1.29 is 0 Å². The van der Waals surface area contributed by atoms with E-state index in [1.54, 1.807) is 0 Å². The molecule has 1 N–H and O–H groups in total. The Balaban J connectivity index is 2.51. The highest BCUT2D eigenvalue weighted by Gasteiger charge is 1.89. The monoisotopic (exact) mass is 109 g/mol. The Hall–Kier alpha value is -0.720. The molecule has 0 aliphatic carbocycles. The number of rotatable bonds is 1. The molecule has 0 atom stereocenters. The Morgan fingerprint density at radius 3 is 3.00 bits per heavy atom. The molecule has 8 heavy (non-hydrogen) atoms. The van der Waals surface area contributed by atoms with Crippen molar-refractivity contribution in [3.63, 3.8) is 0 Å². The molecule has 0 radical (unpaired) electrons. The number of nitrogens with one attached hydrogen (secondary N) is 1. The van der Waals surface area contributed by atoms with Crippen molar-refractivity contribution in [3.05, 3.63) is 23.9 Å². The Kier molecular flexibility index (Phi) is 1.73. The van der Waals surface area contributed by atoms with E-state index in [0.29, 0.717) is 0 Å². The third-order valence-corrected chi connectivity index (χ3v) is 1.31. The Labute approximate surface area is 50.1 Å². The van der Waals surface area contributed by atoms with Crippen LogP contribution in [0.1, 0.15) is 13.3 Å². The fourth-order valence-electron chi connectivity index (χ4n) is 0.754. The smallest absolute Gasteiger partial charge is 0.0330 e. The molecule has 0 bridgehead atoms. The first-order valence-electron chi connectivity index (χ1n) is 3.02. The van der Waals surface area contributed by atoms with Crippen LogP contribution < -0.4 is 5.32 Å². The van der Waals surface area contributed by atoms with Gasteiger partial charge in [-0.3, -0.25) is 0 Å². The molecule has 1 heteroatoms. The molecule has 44 valence electrons. The van der Waals surface area contributed by atoms with Crippen LogP contribution in [0.2, 0.25) is 0 Å². The fraction of sp³-hybridized carbons (Fsp3) is 0.429. The van der Waals surface area contributed by atoms with E-state index >= 15 is 0 Å². The molecule has 0 fully saturated rings. The topological polar surface area (TPSA) is 12.0 Å². The quantitative estimate of drug-likeness (QED) is 0.537. The van der Waals surface area contributed by atoms with E-state index in [9.17, 15) is 0 Å². The summed E-state index contributed by atoms with van der Waals surface area (Å²) in [6, 6.07) is 0. The maximum absolute atomic E-state index is 3.09. The standard InChI is InChI=1S/C7H11N/c1-2-7-3-5-8-6-4-7/h3-5,8H,2,6H2,1H3. The van der Waals surface area contributed by atoms with Crippen LogP contribution >= 0.6 is 0 Å². The van der Waals surface area contributed by atoms with Crippen LogP contribution in [0.15, 0.2) is 23.9 Å². The van der Waals surface area contributed by atoms with Crippen LogP contribution in [0.4, 0.5) is 0 Å². The Morgan fingerprint density at radius 1 is 1.75 bits per heavy atom. The fourth-order valence-corrected chi connectivity index (χ4v) is 0.754. The molecular weight excluding hydrogens is 98.1 g/mol. The SMILES string of the molecule is CCC1=CCNC=C1. The summed E-state index contributed by atoms with van der Waals surface area (Å²) in [5.41, 5.74) is 1.43. The van der Waals surface area contributed by atoms with Gasteiger partial charge in [0, 0.05) is 6.54 Å². The average molecular weight is 109 g/mol. The van der Waals surface area contributed by atoms with Crippen molar-refractivity contribution in [1.29, 1.82) is 0 Å². The van der Waals surface area contributed by atoms with Crippen LogP contribution in [0, 0.1) is 0 Å². The van der Waals surface area contributed by atoms with Crippen LogP contribution in [-0.4, -0.2) is 6.54 Å². The second kappa shape index (κ2) is 2.55. The number of hydrogen-bond donors (Lipinski definition) is 1. The van der Waals surface area contributed by atoms with E-state index in [1.807, 2.05) is 6.20 Å². The summed E-state index contributed by atoms with van der Waals surface area (Å²) >= 11 is 0. The largest absolute Gasteiger partial charge is 0.387 e. The van der Waals surface area contributed by atoms with Crippen LogP contribution in [-0.2, 0) is 0 Å². The zero-order valence-corrected chi connectivity index (χ0v) is 5.15. The third-order valence-electron chi connectivity index (χ3n) is 1.31. The summed E-state index contributed by atoms with van der Waals surface area (Å²) in [6.07, 6.45) is 7.47. The van der Waals surface area contributed by atoms with Crippen molar-refractivity contribution in [2.45, 2.75) is 13.3 Å². The zero-order valence-electron chi connectivity index (χ0n) is 5.15. The predicted octanol–water partition coefficient (Wildman–Crippen LogP) is 1.44. The maximum atomic E-state index is 3.09. The summed E-state index contributed by atoms with van der Waals surface area (Å²) in [4.78, 5) is 0. The van der Waals surface area contributed by atoms with Gasteiger partial charge in [-0.25, -0.2) is 0 Å². The molecule has 1 aliphatic rings. The van der Waals surface area contributed by atoms with Crippen molar-refractivity contribution in [2.75, 3.05) is 6.54 Å². The van der Waals surface area contributed by atoms with Gasteiger partial charge in [-0.1, -0.05) is 13.0 Å². The maximum Gasteiger partial charge on any atom is 0.0330 e. The highest BCUT2D eigenvalue weighted by molar-refractivity contribution is 5.21. The highest BCUT2D eigenvalue weighted by Crippen LogP contribution is 2.02. The molecule has 0 aromatic heterocycles. The summed E-state index contributed by atoms with van der Waals surface area (Å²) in [5, 5.41) is 3.09. The molecule has 1 rings (SSSR count). The van der Waals surface area contributed by atoms with E-state index < -0.39 is 0 Å². The average Bonchev–Trinajstić information content (AvgIpc) is 1.90. The summed E-state index contributed by atoms with van der Waals surface area (Å²) in [7, 11) is 0. The van der Waals surface area contributed by atoms with Crippen molar-refractivity contribution in [3.8, 4) is 0 Å². The minimum atomic E-state index is 1.000. The normalized spacial score (nSPS) is 17.4. The van der Waals surface area contributed by atoms with Gasteiger partial charge >= 0.3 is 0 Å². The number of allylic oxidation sites excluding steroid dienone is 2. The van der Waals surface area contributed by atoms with E-state index in [0.717, 1.165) is 13.0 Å². The van der Waals surface area contributed by atoms with E-state index in [4.69, 9.17) is 0 Å². The molecule has 0 amide bonds. The molecule has 0 saturated heterocycles. The van der Waals surface area contributed by atoms with Gasteiger partial charge in [0.15, 0.2) is 0 Å². The van der Waals surface area contributed by atoms with Crippen molar-refractivity contribution in [2.24, 2.45) is 0 Å². The lowest BCUT2D eigenvalue weighted by Gasteiger charge is -2.03. The van der Waals surface area contributed by atoms with Gasteiger partial charge in [-0.15, -0.1) is 0 Å². The minimum Gasteiger partial charge on any atom is -0.387 e. The van der Waals surface area contributed by atoms with Gasteiger partial charge in [0.2, 0.25) is 0 Å². The van der Waals surface area contributed by atoms with Crippen molar-refractivity contribution in [1.82, 2.24) is 5.32 Å². The lowest BCUT2D eigenvalue weighted by molar-refractivity contribution is 0.939. The van der Waals surface area contributed by atoms with Crippen molar-refractivity contribution >= 4 is 0 Å². The first-order chi connectivity index (χ1) is 3.93. The summed E-state index contributed by atoms with van der Waals surface area (Å²) in [6.45, 7) is 3.17. The zero-order chi connectivity index (χ0) is 5.82. The number of hydrogen-bond acceptors (Lipinski definition) is 1. The van der Waals surface area contributed by atoms with Gasteiger partial charge in [-0.05, 0) is 24.3 Å². The van der Waals surface area contributed by atoms with Crippen LogP contribution in [0.25, 0.3) is 0 Å².